The lowest BCUT2D eigenvalue weighted by atomic mass is 9.91. The maximum atomic E-state index is 13.9. The van der Waals surface area contributed by atoms with Crippen molar-refractivity contribution >= 4 is 17.6 Å². The molecule has 4 heterocycles. The molecule has 42 heavy (non-hydrogen) atoms. The Hall–Kier alpha value is -5.23. The number of amidine groups is 1. The number of carbonyl (C=O) groups is 1. The number of fused-ring (bicyclic) bond motifs is 5. The molecule has 1 amide bonds. The molecule has 4 aromatic carbocycles. The zero-order valence-electron chi connectivity index (χ0n) is 22.8. The topological polar surface area (TPSA) is 66.7 Å². The Labute approximate surface area is 243 Å². The number of hydrogen-bond acceptors (Lipinski definition) is 4. The number of anilines is 1. The van der Waals surface area contributed by atoms with Gasteiger partial charge in [-0.15, -0.1) is 0 Å². The predicted octanol–water partition coefficient (Wildman–Crippen LogP) is 6.23. The summed E-state index contributed by atoms with van der Waals surface area (Å²) in [6.45, 7) is 0. The Bertz CT molecular complexity index is 1890. The van der Waals surface area contributed by atoms with E-state index in [1.807, 2.05) is 82.3 Å². The summed E-state index contributed by atoms with van der Waals surface area (Å²) in [4.78, 5) is 34.9. The molecule has 0 spiro atoms. The molecule has 0 unspecified atom stereocenters. The zero-order valence-corrected chi connectivity index (χ0v) is 22.8. The molecular formula is C36H28N4O2. The first-order valence-electron chi connectivity index (χ1n) is 14.3. The molecule has 0 saturated carbocycles. The van der Waals surface area contributed by atoms with Crippen molar-refractivity contribution in [3.63, 3.8) is 0 Å². The van der Waals surface area contributed by atoms with Gasteiger partial charge >= 0.3 is 0 Å². The predicted molar refractivity (Wildman–Crippen MR) is 164 cm³/mol. The Morgan fingerprint density at radius 2 is 1.17 bits per heavy atom. The van der Waals surface area contributed by atoms with Crippen LogP contribution in [0.5, 0.6) is 0 Å². The summed E-state index contributed by atoms with van der Waals surface area (Å²) in [7, 11) is 0. The summed E-state index contributed by atoms with van der Waals surface area (Å²) in [5.41, 5.74) is 5.65. The second-order valence-electron chi connectivity index (χ2n) is 11.1. The average molecular weight is 549 g/mol. The van der Waals surface area contributed by atoms with E-state index in [1.54, 1.807) is 6.07 Å². The maximum Gasteiger partial charge on any atom is 0.253 e. The normalized spacial score (nSPS) is 22.1. The fraction of sp³-hybridized carbons (Fsp3) is 0.139. The molecule has 6 heteroatoms. The van der Waals surface area contributed by atoms with Gasteiger partial charge in [0, 0.05) is 6.07 Å². The molecule has 0 bridgehead atoms. The molecule has 3 aliphatic rings. The third-order valence-electron chi connectivity index (χ3n) is 8.70. The van der Waals surface area contributed by atoms with Gasteiger partial charge in [0.1, 0.15) is 17.7 Å². The fourth-order valence-corrected chi connectivity index (χ4v) is 6.91. The van der Waals surface area contributed by atoms with Crippen molar-refractivity contribution in [2.75, 3.05) is 5.32 Å². The summed E-state index contributed by atoms with van der Waals surface area (Å²) < 4.78 is 1.87. The van der Waals surface area contributed by atoms with E-state index >= 15 is 0 Å². The van der Waals surface area contributed by atoms with Gasteiger partial charge in [0.2, 0.25) is 5.91 Å². The first kappa shape index (κ1) is 24.6. The molecule has 5 aromatic rings. The highest BCUT2D eigenvalue weighted by molar-refractivity contribution is 6.16. The number of nitrogens with one attached hydrogen (secondary N) is 1. The lowest BCUT2D eigenvalue weighted by molar-refractivity contribution is -0.128. The second kappa shape index (κ2) is 9.70. The summed E-state index contributed by atoms with van der Waals surface area (Å²) in [5.74, 6) is 1.30. The van der Waals surface area contributed by atoms with Crippen LogP contribution >= 0.6 is 0 Å². The number of rotatable bonds is 4. The van der Waals surface area contributed by atoms with Gasteiger partial charge in [0.25, 0.3) is 5.56 Å². The van der Waals surface area contributed by atoms with Crippen molar-refractivity contribution in [3.8, 4) is 0 Å². The van der Waals surface area contributed by atoms with Crippen molar-refractivity contribution in [2.45, 2.75) is 30.6 Å². The fourth-order valence-electron chi connectivity index (χ4n) is 6.91. The van der Waals surface area contributed by atoms with E-state index in [2.05, 4.69) is 53.8 Å². The van der Waals surface area contributed by atoms with Gasteiger partial charge < -0.3 is 5.32 Å². The number of nitrogens with zero attached hydrogens (tertiary/aromatic N) is 3. The molecule has 6 nitrogen and oxygen atoms in total. The first-order valence-corrected chi connectivity index (χ1v) is 14.3. The highest BCUT2D eigenvalue weighted by Crippen LogP contribution is 2.49. The van der Waals surface area contributed by atoms with Gasteiger partial charge in [0.05, 0.1) is 30.1 Å². The van der Waals surface area contributed by atoms with E-state index in [0.717, 1.165) is 39.2 Å². The molecule has 0 radical (unpaired) electrons. The second-order valence-corrected chi connectivity index (χ2v) is 11.1. The molecule has 1 N–H and O–H groups in total. The molecule has 1 aromatic heterocycles. The number of carbonyl (C=O) groups excluding carboxylic acids is 1. The van der Waals surface area contributed by atoms with Gasteiger partial charge in [-0.05, 0) is 27.8 Å². The van der Waals surface area contributed by atoms with Crippen LogP contribution in [0.2, 0.25) is 0 Å². The minimum Gasteiger partial charge on any atom is -0.361 e. The van der Waals surface area contributed by atoms with E-state index in [0.29, 0.717) is 5.84 Å². The van der Waals surface area contributed by atoms with E-state index in [9.17, 15) is 9.59 Å². The van der Waals surface area contributed by atoms with Gasteiger partial charge in [-0.25, -0.2) is 0 Å². The van der Waals surface area contributed by atoms with Gasteiger partial charge in [0.15, 0.2) is 0 Å². The van der Waals surface area contributed by atoms with Crippen molar-refractivity contribution < 1.29 is 4.79 Å². The lowest BCUT2D eigenvalue weighted by Crippen LogP contribution is -2.43. The summed E-state index contributed by atoms with van der Waals surface area (Å²) >= 11 is 0. The molecule has 0 saturated heterocycles. The number of aliphatic imine (C=N–C) groups is 1. The van der Waals surface area contributed by atoms with Crippen molar-refractivity contribution in [3.05, 3.63) is 171 Å². The lowest BCUT2D eigenvalue weighted by Gasteiger charge is -2.33. The third-order valence-corrected chi connectivity index (χ3v) is 8.70. The van der Waals surface area contributed by atoms with Crippen LogP contribution in [0.3, 0.4) is 0 Å². The van der Waals surface area contributed by atoms with E-state index in [-0.39, 0.29) is 42.1 Å². The van der Waals surface area contributed by atoms with Crippen LogP contribution in [0.15, 0.2) is 137 Å². The number of aromatic nitrogens is 1. The monoisotopic (exact) mass is 548 g/mol. The molecule has 3 aliphatic heterocycles. The quantitative estimate of drug-likeness (QED) is 0.290. The Morgan fingerprint density at radius 3 is 1.76 bits per heavy atom. The average Bonchev–Trinajstić information content (AvgIpc) is 3.64. The highest BCUT2D eigenvalue weighted by Gasteiger charge is 2.48. The van der Waals surface area contributed by atoms with Crippen molar-refractivity contribution in [1.29, 1.82) is 0 Å². The standard InChI is InChI=1S/C36H28N4O2/c41-28-21-27-22-29(42)40-34(26-19-11-4-12-20-26)32(24-15-7-2-8-16-24)38-36(40)30(27)35-37-31(23-13-5-1-6-14-23)33(39(28)35)25-17-9-3-10-18-25/h1-21,31-34,37H,22H2/t31-,32-,33-,34-/m1/s1. The van der Waals surface area contributed by atoms with Gasteiger partial charge in [-0.2, -0.15) is 0 Å². The number of benzene rings is 4. The molecule has 0 fully saturated rings. The number of amides is 1. The molecular weight excluding hydrogens is 520 g/mol. The Balaban J connectivity index is 1.36. The minimum absolute atomic E-state index is 0.0462. The van der Waals surface area contributed by atoms with Gasteiger partial charge in [-0.1, -0.05) is 121 Å². The summed E-state index contributed by atoms with van der Waals surface area (Å²) in [5, 5.41) is 3.75. The molecule has 4 atom stereocenters. The highest BCUT2D eigenvalue weighted by atomic mass is 16.2. The zero-order chi connectivity index (χ0) is 28.2. The third kappa shape index (κ3) is 3.75. The van der Waals surface area contributed by atoms with Crippen molar-refractivity contribution in [2.24, 2.45) is 4.99 Å². The van der Waals surface area contributed by atoms with Crippen LogP contribution in [-0.4, -0.2) is 21.2 Å². The first-order chi connectivity index (χ1) is 20.7. The van der Waals surface area contributed by atoms with Crippen LogP contribution in [0.1, 0.15) is 57.5 Å². The molecule has 0 aliphatic carbocycles. The van der Waals surface area contributed by atoms with E-state index in [1.165, 1.54) is 0 Å². The Morgan fingerprint density at radius 1 is 0.643 bits per heavy atom. The largest absolute Gasteiger partial charge is 0.361 e. The number of hydrogen-bond donors (Lipinski definition) is 1. The maximum absolute atomic E-state index is 13.9. The van der Waals surface area contributed by atoms with Crippen molar-refractivity contribution in [1.82, 2.24) is 9.47 Å². The van der Waals surface area contributed by atoms with Crippen LogP contribution in [0, 0.1) is 0 Å². The van der Waals surface area contributed by atoms with Crippen LogP contribution in [0.25, 0.3) is 0 Å². The summed E-state index contributed by atoms with van der Waals surface area (Å²) in [6.07, 6.45) is 0.149. The number of pyridine rings is 1. The van der Waals surface area contributed by atoms with E-state index in [4.69, 9.17) is 4.99 Å². The summed E-state index contributed by atoms with van der Waals surface area (Å²) in [6, 6.07) is 41.3. The molecule has 8 rings (SSSR count). The SMILES string of the molecule is O=C1Cc2cc(=O)n3c(c2C2=N[C@H](c4ccccc4)[C@@H](c4ccccc4)N12)N[C@H](c1ccccc1)[C@H]3c1ccccc1. The van der Waals surface area contributed by atoms with E-state index < -0.39 is 0 Å². The van der Waals surface area contributed by atoms with Crippen LogP contribution in [0.4, 0.5) is 5.82 Å². The van der Waals surface area contributed by atoms with Gasteiger partial charge in [-0.3, -0.25) is 24.0 Å². The smallest absolute Gasteiger partial charge is 0.253 e. The van der Waals surface area contributed by atoms with Crippen LogP contribution in [-0.2, 0) is 11.2 Å². The molecule has 204 valence electrons. The van der Waals surface area contributed by atoms with Crippen LogP contribution < -0.4 is 10.9 Å². The minimum atomic E-state index is -0.284. The Kier molecular flexibility index (Phi) is 5.67.